The Hall–Kier alpha value is -1.24. The molecule has 0 unspecified atom stereocenters. The van der Waals surface area contributed by atoms with Gasteiger partial charge in [-0.25, -0.2) is 19.6 Å². The molecule has 68 valence electrons. The van der Waals surface area contributed by atoms with Crippen molar-refractivity contribution >= 4 is 12.2 Å². The van der Waals surface area contributed by atoms with Gasteiger partial charge in [-0.1, -0.05) is 26.7 Å². The quantitative estimate of drug-likeness (QED) is 0.364. The number of unbranched alkanes of at least 4 members (excludes halogenated alkanes) is 1. The van der Waals surface area contributed by atoms with Gasteiger partial charge in [0, 0.05) is 0 Å². The third-order valence-corrected chi connectivity index (χ3v) is 0.953. The molecular formula is C8H14N2O2. The van der Waals surface area contributed by atoms with Gasteiger partial charge in [0.15, 0.2) is 0 Å². The summed E-state index contributed by atoms with van der Waals surface area (Å²) in [6, 6.07) is 0. The molecule has 0 saturated heterocycles. The van der Waals surface area contributed by atoms with Crippen molar-refractivity contribution in [1.82, 2.24) is 0 Å². The first kappa shape index (κ1) is 13.4. The van der Waals surface area contributed by atoms with Crippen molar-refractivity contribution in [2.24, 2.45) is 9.98 Å². The average Bonchev–Trinajstić information content (AvgIpc) is 2.13. The predicted octanol–water partition coefficient (Wildman–Crippen LogP) is 1.46. The van der Waals surface area contributed by atoms with E-state index in [1.807, 2.05) is 0 Å². The van der Waals surface area contributed by atoms with E-state index < -0.39 is 0 Å². The Morgan fingerprint density at radius 3 is 1.42 bits per heavy atom. The Morgan fingerprint density at radius 1 is 0.917 bits per heavy atom. The number of hydrogen-bond donors (Lipinski definition) is 0. The summed E-state index contributed by atoms with van der Waals surface area (Å²) in [7, 11) is 0. The Bertz CT molecular complexity index is 148. The van der Waals surface area contributed by atoms with Crippen LogP contribution in [-0.2, 0) is 9.59 Å². The SMILES string of the molecule is CCCC.O=C=NCCN=C=O. The van der Waals surface area contributed by atoms with Crippen molar-refractivity contribution in [2.45, 2.75) is 26.7 Å². The van der Waals surface area contributed by atoms with Gasteiger partial charge in [-0.15, -0.1) is 0 Å². The molecule has 0 radical (unpaired) electrons. The molecule has 0 aromatic heterocycles. The smallest absolute Gasteiger partial charge is 0.211 e. The van der Waals surface area contributed by atoms with E-state index in [0.717, 1.165) is 0 Å². The highest BCUT2D eigenvalue weighted by molar-refractivity contribution is 5.34. The van der Waals surface area contributed by atoms with Crippen molar-refractivity contribution in [1.29, 1.82) is 0 Å². The van der Waals surface area contributed by atoms with Gasteiger partial charge < -0.3 is 0 Å². The Labute approximate surface area is 72.4 Å². The van der Waals surface area contributed by atoms with Crippen molar-refractivity contribution in [3.63, 3.8) is 0 Å². The third-order valence-electron chi connectivity index (χ3n) is 0.953. The second-order valence-corrected chi connectivity index (χ2v) is 1.95. The highest BCUT2D eigenvalue weighted by Gasteiger charge is 1.73. The molecule has 0 bridgehead atoms. The van der Waals surface area contributed by atoms with Crippen molar-refractivity contribution in [2.75, 3.05) is 13.1 Å². The predicted molar refractivity (Wildman–Crippen MR) is 46.6 cm³/mol. The van der Waals surface area contributed by atoms with Gasteiger partial charge in [0.1, 0.15) is 0 Å². The fourth-order valence-electron chi connectivity index (χ4n) is 0.191. The zero-order valence-electron chi connectivity index (χ0n) is 7.54. The van der Waals surface area contributed by atoms with Crippen LogP contribution >= 0.6 is 0 Å². The molecule has 0 aliphatic heterocycles. The van der Waals surface area contributed by atoms with Gasteiger partial charge in [-0.05, 0) is 0 Å². The minimum Gasteiger partial charge on any atom is -0.211 e. The monoisotopic (exact) mass is 170 g/mol. The highest BCUT2D eigenvalue weighted by Crippen LogP contribution is 1.76. The Kier molecular flexibility index (Phi) is 18.2. The van der Waals surface area contributed by atoms with Crippen LogP contribution in [0.25, 0.3) is 0 Å². The van der Waals surface area contributed by atoms with Crippen LogP contribution in [0.5, 0.6) is 0 Å². The summed E-state index contributed by atoms with van der Waals surface area (Å²) in [5.74, 6) is 0. The standard InChI is InChI=1S/C4H4N2O2.C4H10/c7-3-5-1-2-6-4-8;1-3-4-2/h1-2H2;3-4H2,1-2H3. The van der Waals surface area contributed by atoms with Crippen LogP contribution in [0.3, 0.4) is 0 Å². The zero-order valence-corrected chi connectivity index (χ0v) is 7.54. The first-order chi connectivity index (χ1) is 5.83. The van der Waals surface area contributed by atoms with Gasteiger partial charge in [0.25, 0.3) is 0 Å². The van der Waals surface area contributed by atoms with Gasteiger partial charge in [0.2, 0.25) is 12.2 Å². The molecule has 0 aromatic rings. The van der Waals surface area contributed by atoms with E-state index in [0.29, 0.717) is 0 Å². The minimum absolute atomic E-state index is 0.221. The average molecular weight is 170 g/mol. The normalized spacial score (nSPS) is 6.83. The molecule has 0 fully saturated rings. The summed E-state index contributed by atoms with van der Waals surface area (Å²) < 4.78 is 0. The van der Waals surface area contributed by atoms with Gasteiger partial charge in [-0.2, -0.15) is 0 Å². The molecule has 0 aliphatic rings. The third kappa shape index (κ3) is 23.3. The van der Waals surface area contributed by atoms with Crippen LogP contribution in [0.2, 0.25) is 0 Å². The second kappa shape index (κ2) is 16.4. The van der Waals surface area contributed by atoms with Crippen molar-refractivity contribution < 1.29 is 9.59 Å². The fourth-order valence-corrected chi connectivity index (χ4v) is 0.191. The van der Waals surface area contributed by atoms with Crippen LogP contribution in [-0.4, -0.2) is 25.2 Å². The Balaban J connectivity index is 0. The maximum Gasteiger partial charge on any atom is 0.235 e. The summed E-state index contributed by atoms with van der Waals surface area (Å²) in [5, 5.41) is 0. The zero-order chi connectivity index (χ0) is 9.66. The summed E-state index contributed by atoms with van der Waals surface area (Å²) >= 11 is 0. The van der Waals surface area contributed by atoms with Crippen molar-refractivity contribution in [3.05, 3.63) is 0 Å². The maximum atomic E-state index is 9.34. The van der Waals surface area contributed by atoms with Crippen LogP contribution < -0.4 is 0 Å². The number of carbonyl (C=O) groups excluding carboxylic acids is 2. The Morgan fingerprint density at radius 2 is 1.25 bits per heavy atom. The van der Waals surface area contributed by atoms with E-state index in [1.54, 1.807) is 0 Å². The summed E-state index contributed by atoms with van der Waals surface area (Å²) in [4.78, 5) is 24.9. The summed E-state index contributed by atoms with van der Waals surface area (Å²) in [6.45, 7) is 4.80. The van der Waals surface area contributed by atoms with E-state index in [1.165, 1.54) is 25.0 Å². The highest BCUT2D eigenvalue weighted by atomic mass is 16.1. The van der Waals surface area contributed by atoms with Crippen LogP contribution in [0.15, 0.2) is 9.98 Å². The van der Waals surface area contributed by atoms with E-state index in [-0.39, 0.29) is 13.1 Å². The molecule has 0 spiro atoms. The number of hydrogen-bond acceptors (Lipinski definition) is 4. The number of nitrogens with zero attached hydrogens (tertiary/aromatic N) is 2. The lowest BCUT2D eigenvalue weighted by Gasteiger charge is -1.74. The molecule has 0 rings (SSSR count). The van der Waals surface area contributed by atoms with E-state index in [4.69, 9.17) is 0 Å². The number of isocyanates is 2. The molecular weight excluding hydrogens is 156 g/mol. The second-order valence-electron chi connectivity index (χ2n) is 1.95. The van der Waals surface area contributed by atoms with E-state index >= 15 is 0 Å². The van der Waals surface area contributed by atoms with E-state index in [2.05, 4.69) is 23.8 Å². The van der Waals surface area contributed by atoms with Crippen LogP contribution in [0.4, 0.5) is 0 Å². The lowest BCUT2D eigenvalue weighted by atomic mass is 10.4. The molecule has 0 atom stereocenters. The molecule has 4 heteroatoms. The minimum atomic E-state index is 0.221. The molecule has 0 saturated carbocycles. The van der Waals surface area contributed by atoms with Gasteiger partial charge in [-0.3, -0.25) is 0 Å². The van der Waals surface area contributed by atoms with Crippen LogP contribution in [0, 0.1) is 0 Å². The first-order valence-corrected chi connectivity index (χ1v) is 3.90. The van der Waals surface area contributed by atoms with E-state index in [9.17, 15) is 9.59 Å². The first-order valence-electron chi connectivity index (χ1n) is 3.90. The molecule has 12 heavy (non-hydrogen) atoms. The number of aliphatic imine (C=N–C) groups is 2. The molecule has 0 heterocycles. The number of rotatable bonds is 4. The molecule has 0 aromatic carbocycles. The fraction of sp³-hybridized carbons (Fsp3) is 0.750. The van der Waals surface area contributed by atoms with Gasteiger partial charge >= 0.3 is 0 Å². The van der Waals surface area contributed by atoms with Crippen LogP contribution in [0.1, 0.15) is 26.7 Å². The topological polar surface area (TPSA) is 58.9 Å². The molecule has 0 N–H and O–H groups in total. The molecule has 0 aliphatic carbocycles. The van der Waals surface area contributed by atoms with Crippen molar-refractivity contribution in [3.8, 4) is 0 Å². The lowest BCUT2D eigenvalue weighted by Crippen LogP contribution is -1.82. The maximum absolute atomic E-state index is 9.34. The summed E-state index contributed by atoms with van der Waals surface area (Å²) in [6.07, 6.45) is 5.26. The summed E-state index contributed by atoms with van der Waals surface area (Å²) in [5.41, 5.74) is 0. The lowest BCUT2D eigenvalue weighted by molar-refractivity contribution is 0.560. The molecule has 4 nitrogen and oxygen atoms in total. The van der Waals surface area contributed by atoms with Gasteiger partial charge in [0.05, 0.1) is 13.1 Å². The largest absolute Gasteiger partial charge is 0.235 e. The molecule has 0 amide bonds.